The number of azo groups is 1. The van der Waals surface area contributed by atoms with E-state index in [2.05, 4.69) is 20.5 Å². The van der Waals surface area contributed by atoms with E-state index in [1.54, 1.807) is 4.57 Å². The van der Waals surface area contributed by atoms with Crippen LogP contribution >= 0.6 is 11.3 Å². The minimum atomic E-state index is -0.444. The standard InChI is InChI=1S/C20H19N5O2S/c1-12(2)25-15-9-5-3-7-13(15)18(19(25)27)24-23-17(26)11-21-20-22-14-8-4-6-10-16(14)28-20/h3-10,12,27H,11H2,1-2H3,(H,21,22). The fourth-order valence-corrected chi connectivity index (χ4v) is 3.96. The predicted octanol–water partition coefficient (Wildman–Crippen LogP) is 5.26. The van der Waals surface area contributed by atoms with Gasteiger partial charge < -0.3 is 15.0 Å². The lowest BCUT2D eigenvalue weighted by atomic mass is 10.2. The monoisotopic (exact) mass is 393 g/mol. The number of carbonyl (C=O) groups excluding carboxylic acids is 1. The molecule has 2 aromatic heterocycles. The smallest absolute Gasteiger partial charge is 0.283 e. The minimum Gasteiger partial charge on any atom is -0.493 e. The number of para-hydroxylation sites is 2. The second kappa shape index (κ2) is 7.40. The van der Waals surface area contributed by atoms with E-state index in [0.29, 0.717) is 10.8 Å². The van der Waals surface area contributed by atoms with Crippen LogP contribution in [0.25, 0.3) is 21.1 Å². The van der Waals surface area contributed by atoms with Gasteiger partial charge in [-0.1, -0.05) is 41.7 Å². The molecule has 2 aromatic carbocycles. The number of nitrogens with zero attached hydrogens (tertiary/aromatic N) is 4. The normalized spacial score (nSPS) is 11.8. The van der Waals surface area contributed by atoms with Gasteiger partial charge >= 0.3 is 0 Å². The first-order valence-electron chi connectivity index (χ1n) is 8.90. The molecule has 0 saturated carbocycles. The van der Waals surface area contributed by atoms with Crippen LogP contribution in [0.5, 0.6) is 5.88 Å². The maximum atomic E-state index is 12.2. The maximum Gasteiger partial charge on any atom is 0.283 e. The van der Waals surface area contributed by atoms with Crippen molar-refractivity contribution in [2.24, 2.45) is 10.2 Å². The molecule has 0 aliphatic carbocycles. The minimum absolute atomic E-state index is 0.00637. The molecule has 0 fully saturated rings. The fraction of sp³-hybridized carbons (Fsp3) is 0.200. The van der Waals surface area contributed by atoms with Crippen molar-refractivity contribution in [3.63, 3.8) is 0 Å². The summed E-state index contributed by atoms with van der Waals surface area (Å²) >= 11 is 1.47. The number of rotatable bonds is 5. The lowest BCUT2D eigenvalue weighted by molar-refractivity contribution is -0.116. The van der Waals surface area contributed by atoms with Crippen LogP contribution in [0.4, 0.5) is 10.8 Å². The summed E-state index contributed by atoms with van der Waals surface area (Å²) in [5.41, 5.74) is 2.04. The van der Waals surface area contributed by atoms with E-state index >= 15 is 0 Å². The van der Waals surface area contributed by atoms with E-state index in [0.717, 1.165) is 21.1 Å². The van der Waals surface area contributed by atoms with Crippen LogP contribution < -0.4 is 5.32 Å². The zero-order valence-corrected chi connectivity index (χ0v) is 16.3. The van der Waals surface area contributed by atoms with E-state index in [4.69, 9.17) is 0 Å². The first-order chi connectivity index (χ1) is 13.5. The third-order valence-electron chi connectivity index (χ3n) is 4.32. The quantitative estimate of drug-likeness (QED) is 0.452. The van der Waals surface area contributed by atoms with Crippen LogP contribution in [-0.2, 0) is 4.79 Å². The summed E-state index contributed by atoms with van der Waals surface area (Å²) < 4.78 is 2.82. The van der Waals surface area contributed by atoms with Crippen molar-refractivity contribution in [2.75, 3.05) is 11.9 Å². The highest BCUT2D eigenvalue weighted by molar-refractivity contribution is 7.22. The van der Waals surface area contributed by atoms with E-state index in [-0.39, 0.29) is 18.5 Å². The third kappa shape index (κ3) is 3.34. The van der Waals surface area contributed by atoms with Crippen LogP contribution in [0.1, 0.15) is 19.9 Å². The zero-order chi connectivity index (χ0) is 19.7. The molecule has 28 heavy (non-hydrogen) atoms. The first-order valence-corrected chi connectivity index (χ1v) is 9.72. The Balaban J connectivity index is 1.52. The van der Waals surface area contributed by atoms with Crippen LogP contribution in [0.3, 0.4) is 0 Å². The zero-order valence-electron chi connectivity index (χ0n) is 15.5. The van der Waals surface area contributed by atoms with Gasteiger partial charge in [-0.05, 0) is 32.0 Å². The average Bonchev–Trinajstić information content (AvgIpc) is 3.22. The van der Waals surface area contributed by atoms with E-state index < -0.39 is 5.91 Å². The highest BCUT2D eigenvalue weighted by Gasteiger charge is 2.18. The summed E-state index contributed by atoms with van der Waals surface area (Å²) in [6, 6.07) is 15.3. The van der Waals surface area contributed by atoms with Crippen molar-refractivity contribution in [1.29, 1.82) is 0 Å². The van der Waals surface area contributed by atoms with Gasteiger partial charge in [-0.15, -0.1) is 10.2 Å². The molecular formula is C20H19N5O2S. The van der Waals surface area contributed by atoms with Crippen molar-refractivity contribution < 1.29 is 9.90 Å². The Labute approximate surface area is 165 Å². The number of fused-ring (bicyclic) bond motifs is 2. The van der Waals surface area contributed by atoms with Crippen LogP contribution in [0.2, 0.25) is 0 Å². The molecule has 0 unspecified atom stereocenters. The summed E-state index contributed by atoms with van der Waals surface area (Å²) in [6.07, 6.45) is 0. The summed E-state index contributed by atoms with van der Waals surface area (Å²) in [4.78, 5) is 16.6. The fourth-order valence-electron chi connectivity index (χ4n) is 3.09. The van der Waals surface area contributed by atoms with Gasteiger partial charge in [0.1, 0.15) is 6.54 Å². The van der Waals surface area contributed by atoms with Gasteiger partial charge in [0.2, 0.25) is 5.88 Å². The average molecular weight is 393 g/mol. The Morgan fingerprint density at radius 1 is 1.21 bits per heavy atom. The Bertz CT molecular complexity index is 1160. The topological polar surface area (TPSA) is 91.9 Å². The van der Waals surface area contributed by atoms with Gasteiger partial charge in [-0.25, -0.2) is 4.98 Å². The number of aromatic hydroxyl groups is 1. The van der Waals surface area contributed by atoms with Gasteiger partial charge in [0.05, 0.1) is 15.7 Å². The van der Waals surface area contributed by atoms with Crippen molar-refractivity contribution in [2.45, 2.75) is 19.9 Å². The van der Waals surface area contributed by atoms with Gasteiger partial charge in [0.25, 0.3) is 5.91 Å². The largest absolute Gasteiger partial charge is 0.493 e. The third-order valence-corrected chi connectivity index (χ3v) is 5.32. The summed E-state index contributed by atoms with van der Waals surface area (Å²) in [5.74, 6) is -0.438. The molecule has 142 valence electrons. The summed E-state index contributed by atoms with van der Waals surface area (Å²) in [6.45, 7) is 3.92. The van der Waals surface area contributed by atoms with Crippen molar-refractivity contribution in [1.82, 2.24) is 9.55 Å². The van der Waals surface area contributed by atoms with E-state index in [1.807, 2.05) is 62.4 Å². The Morgan fingerprint density at radius 3 is 2.75 bits per heavy atom. The highest BCUT2D eigenvalue weighted by Crippen LogP contribution is 2.40. The van der Waals surface area contributed by atoms with Crippen molar-refractivity contribution >= 4 is 49.2 Å². The molecule has 8 heteroatoms. The Kier molecular flexibility index (Phi) is 4.79. The second-order valence-corrected chi connectivity index (χ2v) is 7.62. The predicted molar refractivity (Wildman–Crippen MR) is 112 cm³/mol. The Morgan fingerprint density at radius 2 is 1.96 bits per heavy atom. The van der Waals surface area contributed by atoms with Crippen molar-refractivity contribution in [3.05, 3.63) is 48.5 Å². The molecule has 0 aliphatic heterocycles. The number of hydrogen-bond acceptors (Lipinski definition) is 6. The number of thiazole rings is 1. The SMILES string of the molecule is CC(C)n1c(O)c(N=NC(=O)CNc2nc3ccccc3s2)c2ccccc21. The van der Waals surface area contributed by atoms with E-state index in [1.165, 1.54) is 11.3 Å². The van der Waals surface area contributed by atoms with Crippen LogP contribution in [-0.4, -0.2) is 27.1 Å². The molecular weight excluding hydrogens is 374 g/mol. The van der Waals surface area contributed by atoms with Crippen LogP contribution in [0, 0.1) is 0 Å². The lowest BCUT2D eigenvalue weighted by Gasteiger charge is -2.10. The molecule has 7 nitrogen and oxygen atoms in total. The number of hydrogen-bond donors (Lipinski definition) is 2. The molecule has 0 atom stereocenters. The summed E-state index contributed by atoms with van der Waals surface area (Å²) in [7, 11) is 0. The van der Waals surface area contributed by atoms with E-state index in [9.17, 15) is 9.90 Å². The lowest BCUT2D eigenvalue weighted by Crippen LogP contribution is -2.10. The molecule has 4 rings (SSSR count). The molecule has 0 spiro atoms. The molecule has 0 aliphatic rings. The second-order valence-electron chi connectivity index (χ2n) is 6.59. The highest BCUT2D eigenvalue weighted by atomic mass is 32.1. The molecule has 0 saturated heterocycles. The maximum absolute atomic E-state index is 12.2. The van der Waals surface area contributed by atoms with Gasteiger partial charge in [-0.2, -0.15) is 0 Å². The number of benzene rings is 2. The number of amides is 1. The number of carbonyl (C=O) groups is 1. The molecule has 1 amide bonds. The number of anilines is 1. The Hall–Kier alpha value is -3.26. The van der Waals surface area contributed by atoms with Crippen molar-refractivity contribution in [3.8, 4) is 5.88 Å². The van der Waals surface area contributed by atoms with Gasteiger partial charge in [0, 0.05) is 11.4 Å². The number of nitrogens with one attached hydrogen (secondary N) is 1. The van der Waals surface area contributed by atoms with Gasteiger partial charge in [-0.3, -0.25) is 4.79 Å². The first kappa shape index (κ1) is 18.1. The molecule has 4 aromatic rings. The molecule has 0 bridgehead atoms. The number of aromatic nitrogens is 2. The molecule has 2 heterocycles. The van der Waals surface area contributed by atoms with Gasteiger partial charge in [0.15, 0.2) is 10.8 Å². The summed E-state index contributed by atoms with van der Waals surface area (Å²) in [5, 5.41) is 22.8. The van der Waals surface area contributed by atoms with Crippen LogP contribution in [0.15, 0.2) is 58.8 Å². The molecule has 0 radical (unpaired) electrons. The molecule has 2 N–H and O–H groups in total.